The summed E-state index contributed by atoms with van der Waals surface area (Å²) in [5, 5.41) is 3.44. The Labute approximate surface area is 127 Å². The number of thiazole rings is 1. The Morgan fingerprint density at radius 2 is 2.26 bits per heavy atom. The van der Waals surface area contributed by atoms with E-state index in [2.05, 4.69) is 35.2 Å². The molecule has 2 aromatic heterocycles. The van der Waals surface area contributed by atoms with Crippen LogP contribution in [0.2, 0.25) is 4.34 Å². The molecule has 0 aliphatic rings. The van der Waals surface area contributed by atoms with Gasteiger partial charge in [-0.05, 0) is 26.1 Å². The van der Waals surface area contributed by atoms with Gasteiger partial charge in [0.05, 0.1) is 15.5 Å². The molecule has 0 aromatic carbocycles. The van der Waals surface area contributed by atoms with Crippen molar-refractivity contribution < 1.29 is 0 Å². The summed E-state index contributed by atoms with van der Waals surface area (Å²) < 4.78 is 0.856. The first-order valence-electron chi connectivity index (χ1n) is 6.17. The van der Waals surface area contributed by atoms with Gasteiger partial charge < -0.3 is 5.32 Å². The fourth-order valence-corrected chi connectivity index (χ4v) is 3.64. The van der Waals surface area contributed by atoms with E-state index in [1.54, 1.807) is 22.7 Å². The van der Waals surface area contributed by atoms with Gasteiger partial charge in [-0.15, -0.1) is 22.7 Å². The number of hydrogen-bond donors (Lipinski definition) is 1. The lowest BCUT2D eigenvalue weighted by Gasteiger charge is -2.16. The van der Waals surface area contributed by atoms with E-state index in [4.69, 9.17) is 11.6 Å². The fourth-order valence-electron chi connectivity index (χ4n) is 1.73. The van der Waals surface area contributed by atoms with Gasteiger partial charge in [0.2, 0.25) is 0 Å². The van der Waals surface area contributed by atoms with Crippen LogP contribution in [0.25, 0.3) is 0 Å². The Morgan fingerprint density at radius 3 is 2.89 bits per heavy atom. The third kappa shape index (κ3) is 4.85. The van der Waals surface area contributed by atoms with Gasteiger partial charge in [-0.2, -0.15) is 0 Å². The van der Waals surface area contributed by atoms with Crippen LogP contribution < -0.4 is 5.32 Å². The second-order valence-electron chi connectivity index (χ2n) is 4.48. The normalized spacial score (nSPS) is 11.4. The standard InChI is InChI=1S/C13H18ClN3S2/c1-10-12(18-9-16-10)8-17(2)6-5-15-7-11-3-4-13(14)19-11/h3-4,9,15H,5-8H2,1-2H3. The highest BCUT2D eigenvalue weighted by atomic mass is 35.5. The number of aryl methyl sites for hydroxylation is 1. The number of aromatic nitrogens is 1. The van der Waals surface area contributed by atoms with Gasteiger partial charge >= 0.3 is 0 Å². The molecule has 0 saturated heterocycles. The van der Waals surface area contributed by atoms with Crippen LogP contribution in [0.4, 0.5) is 0 Å². The third-order valence-electron chi connectivity index (χ3n) is 2.86. The van der Waals surface area contributed by atoms with E-state index in [0.29, 0.717) is 0 Å². The zero-order valence-corrected chi connectivity index (χ0v) is 13.5. The van der Waals surface area contributed by atoms with Crippen molar-refractivity contribution in [3.05, 3.63) is 37.4 Å². The molecular weight excluding hydrogens is 298 g/mol. The van der Waals surface area contributed by atoms with Gasteiger partial charge in [0.1, 0.15) is 0 Å². The van der Waals surface area contributed by atoms with Crippen LogP contribution in [0, 0.1) is 6.92 Å². The highest BCUT2D eigenvalue weighted by molar-refractivity contribution is 7.16. The van der Waals surface area contributed by atoms with Crippen molar-refractivity contribution in [3.8, 4) is 0 Å². The predicted octanol–water partition coefficient (Wildman–Crippen LogP) is 3.39. The second kappa shape index (κ2) is 7.36. The van der Waals surface area contributed by atoms with Crippen LogP contribution in [0.5, 0.6) is 0 Å². The molecule has 2 aromatic rings. The Hall–Kier alpha value is -0.460. The van der Waals surface area contributed by atoms with E-state index >= 15 is 0 Å². The molecule has 19 heavy (non-hydrogen) atoms. The quantitative estimate of drug-likeness (QED) is 0.794. The average Bonchev–Trinajstić information content (AvgIpc) is 2.95. The van der Waals surface area contributed by atoms with E-state index in [1.807, 2.05) is 11.6 Å². The average molecular weight is 316 g/mol. The minimum Gasteiger partial charge on any atom is -0.311 e. The maximum atomic E-state index is 5.90. The monoisotopic (exact) mass is 315 g/mol. The molecule has 0 unspecified atom stereocenters. The SMILES string of the molecule is Cc1ncsc1CN(C)CCNCc1ccc(Cl)s1. The van der Waals surface area contributed by atoms with E-state index in [-0.39, 0.29) is 0 Å². The Bertz CT molecular complexity index is 509. The van der Waals surface area contributed by atoms with Crippen molar-refractivity contribution in [2.45, 2.75) is 20.0 Å². The largest absolute Gasteiger partial charge is 0.311 e. The van der Waals surface area contributed by atoms with E-state index in [1.165, 1.54) is 9.75 Å². The predicted molar refractivity (Wildman–Crippen MR) is 84.2 cm³/mol. The van der Waals surface area contributed by atoms with Gasteiger partial charge in [0.25, 0.3) is 0 Å². The van der Waals surface area contributed by atoms with Crippen molar-refractivity contribution in [2.24, 2.45) is 0 Å². The molecule has 2 heterocycles. The van der Waals surface area contributed by atoms with Gasteiger partial charge in [-0.1, -0.05) is 11.6 Å². The lowest BCUT2D eigenvalue weighted by atomic mass is 10.3. The minimum atomic E-state index is 0.856. The van der Waals surface area contributed by atoms with Gasteiger partial charge in [0.15, 0.2) is 0 Å². The summed E-state index contributed by atoms with van der Waals surface area (Å²) in [6.45, 7) is 5.94. The summed E-state index contributed by atoms with van der Waals surface area (Å²) in [7, 11) is 2.14. The zero-order chi connectivity index (χ0) is 13.7. The molecule has 0 fully saturated rings. The molecule has 6 heteroatoms. The maximum absolute atomic E-state index is 5.90. The molecule has 3 nitrogen and oxygen atoms in total. The molecule has 104 valence electrons. The van der Waals surface area contributed by atoms with Crippen molar-refractivity contribution in [1.82, 2.24) is 15.2 Å². The van der Waals surface area contributed by atoms with Gasteiger partial charge in [0, 0.05) is 35.9 Å². The highest BCUT2D eigenvalue weighted by Crippen LogP contribution is 2.20. The Kier molecular flexibility index (Phi) is 5.78. The first-order chi connectivity index (χ1) is 9.15. The third-order valence-corrected chi connectivity index (χ3v) is 5.01. The first-order valence-corrected chi connectivity index (χ1v) is 8.25. The van der Waals surface area contributed by atoms with Crippen LogP contribution >= 0.6 is 34.3 Å². The molecule has 0 spiro atoms. The van der Waals surface area contributed by atoms with Crippen LogP contribution in [0.3, 0.4) is 0 Å². The second-order valence-corrected chi connectivity index (χ2v) is 7.22. The fraction of sp³-hybridized carbons (Fsp3) is 0.462. The number of likely N-dealkylation sites (N-methyl/N-ethyl adjacent to an activating group) is 1. The number of rotatable bonds is 7. The molecule has 0 atom stereocenters. The summed E-state index contributed by atoms with van der Waals surface area (Å²) in [6.07, 6.45) is 0. The molecule has 0 bridgehead atoms. The topological polar surface area (TPSA) is 28.2 Å². The van der Waals surface area contributed by atoms with Gasteiger partial charge in [-0.3, -0.25) is 4.90 Å². The number of halogens is 1. The summed E-state index contributed by atoms with van der Waals surface area (Å²) in [5.41, 5.74) is 3.06. The summed E-state index contributed by atoms with van der Waals surface area (Å²) in [4.78, 5) is 9.23. The summed E-state index contributed by atoms with van der Waals surface area (Å²) in [6, 6.07) is 4.02. The molecule has 2 rings (SSSR count). The van der Waals surface area contributed by atoms with E-state index in [9.17, 15) is 0 Å². The maximum Gasteiger partial charge on any atom is 0.0931 e. The lowest BCUT2D eigenvalue weighted by molar-refractivity contribution is 0.326. The van der Waals surface area contributed by atoms with E-state index < -0.39 is 0 Å². The van der Waals surface area contributed by atoms with Crippen LogP contribution in [0.15, 0.2) is 17.6 Å². The van der Waals surface area contributed by atoms with Crippen molar-refractivity contribution in [1.29, 1.82) is 0 Å². The van der Waals surface area contributed by atoms with Crippen LogP contribution in [-0.2, 0) is 13.1 Å². The molecule has 0 amide bonds. The van der Waals surface area contributed by atoms with Crippen molar-refractivity contribution in [3.63, 3.8) is 0 Å². The number of nitrogens with one attached hydrogen (secondary N) is 1. The first kappa shape index (κ1) is 14.9. The number of hydrogen-bond acceptors (Lipinski definition) is 5. The summed E-state index contributed by atoms with van der Waals surface area (Å²) >= 11 is 9.26. The lowest BCUT2D eigenvalue weighted by Crippen LogP contribution is -2.28. The summed E-state index contributed by atoms with van der Waals surface area (Å²) in [5.74, 6) is 0. The zero-order valence-electron chi connectivity index (χ0n) is 11.1. The van der Waals surface area contributed by atoms with Crippen LogP contribution in [0.1, 0.15) is 15.4 Å². The highest BCUT2D eigenvalue weighted by Gasteiger charge is 2.05. The number of thiophene rings is 1. The minimum absolute atomic E-state index is 0.856. The Morgan fingerprint density at radius 1 is 1.42 bits per heavy atom. The number of nitrogens with zero attached hydrogens (tertiary/aromatic N) is 2. The molecular formula is C13H18ClN3S2. The molecule has 1 N–H and O–H groups in total. The molecule has 0 saturated carbocycles. The molecule has 0 aliphatic carbocycles. The van der Waals surface area contributed by atoms with Crippen molar-refractivity contribution in [2.75, 3.05) is 20.1 Å². The van der Waals surface area contributed by atoms with Gasteiger partial charge in [-0.25, -0.2) is 4.98 Å². The van der Waals surface area contributed by atoms with E-state index in [0.717, 1.165) is 36.2 Å². The van der Waals surface area contributed by atoms with Crippen LogP contribution in [-0.4, -0.2) is 30.0 Å². The van der Waals surface area contributed by atoms with Crippen molar-refractivity contribution >= 4 is 34.3 Å². The molecule has 0 radical (unpaired) electrons. The Balaban J connectivity index is 1.64. The smallest absolute Gasteiger partial charge is 0.0931 e. The molecule has 0 aliphatic heterocycles.